The molecule has 1 aliphatic heterocycles. The van der Waals surface area contributed by atoms with Crippen LogP contribution in [0.1, 0.15) is 28.4 Å². The van der Waals surface area contributed by atoms with E-state index in [9.17, 15) is 22.8 Å². The molecule has 1 atom stereocenters. The monoisotopic (exact) mass is 482 g/mol. The van der Waals surface area contributed by atoms with Gasteiger partial charge >= 0.3 is 17.8 Å². The zero-order valence-corrected chi connectivity index (χ0v) is 18.7. The number of carbonyl (C=O) groups is 1. The van der Waals surface area contributed by atoms with Crippen LogP contribution in [0.4, 0.5) is 13.2 Å². The molecule has 1 fully saturated rings. The first-order valence-corrected chi connectivity index (χ1v) is 11.0. The molecule has 0 amide bonds. The van der Waals surface area contributed by atoms with Crippen molar-refractivity contribution in [3.63, 3.8) is 0 Å². The Morgan fingerprint density at radius 1 is 1.09 bits per heavy atom. The van der Waals surface area contributed by atoms with E-state index in [1.807, 2.05) is 0 Å². The number of hydrogen-bond acceptors (Lipinski definition) is 5. The Morgan fingerprint density at radius 2 is 1.74 bits per heavy atom. The highest BCUT2D eigenvalue weighted by Gasteiger charge is 2.33. The quantitative estimate of drug-likeness (QED) is 0.442. The molecule has 35 heavy (non-hydrogen) atoms. The van der Waals surface area contributed by atoms with Gasteiger partial charge in [0.05, 0.1) is 35.5 Å². The van der Waals surface area contributed by atoms with Crippen molar-refractivity contribution in [3.8, 4) is 16.8 Å². The standard InChI is InChI=1S/C25H21F3N4O3/c1-35-23(33)17-4-2-15(3-5-17)16-6-8-19(9-7-16)31-21-12-18(25(26,27)28)13-30-22(21)32(24(31)34)20-10-11-29-14-20/h2-9,12-13,20,29H,10-11,14H2,1H3/t20-/m0/s1. The molecule has 4 aromatic rings. The number of pyridine rings is 1. The van der Waals surface area contributed by atoms with Crippen LogP contribution in [-0.4, -0.2) is 40.3 Å². The first-order valence-electron chi connectivity index (χ1n) is 11.0. The van der Waals surface area contributed by atoms with Crippen LogP contribution in [0.15, 0.2) is 65.6 Å². The summed E-state index contributed by atoms with van der Waals surface area (Å²) in [5, 5.41) is 3.18. The van der Waals surface area contributed by atoms with E-state index in [2.05, 4.69) is 10.3 Å². The predicted octanol–water partition coefficient (Wildman–Crippen LogP) is 4.19. The number of esters is 1. The van der Waals surface area contributed by atoms with Crippen molar-refractivity contribution in [2.24, 2.45) is 0 Å². The summed E-state index contributed by atoms with van der Waals surface area (Å²) in [6.45, 7) is 1.26. The molecule has 3 heterocycles. The molecule has 5 rings (SSSR count). The van der Waals surface area contributed by atoms with Gasteiger partial charge < -0.3 is 10.1 Å². The van der Waals surface area contributed by atoms with Crippen molar-refractivity contribution < 1.29 is 22.7 Å². The summed E-state index contributed by atoms with van der Waals surface area (Å²) < 4.78 is 47.7. The molecule has 0 aliphatic carbocycles. The highest BCUT2D eigenvalue weighted by Crippen LogP contribution is 2.32. The van der Waals surface area contributed by atoms with Gasteiger partial charge in [-0.1, -0.05) is 24.3 Å². The predicted molar refractivity (Wildman–Crippen MR) is 124 cm³/mol. The number of carbonyl (C=O) groups excluding carboxylic acids is 1. The molecule has 180 valence electrons. The molecule has 1 saturated heterocycles. The van der Waals surface area contributed by atoms with Crippen molar-refractivity contribution in [1.82, 2.24) is 19.4 Å². The second-order valence-electron chi connectivity index (χ2n) is 8.31. The van der Waals surface area contributed by atoms with Crippen molar-refractivity contribution in [3.05, 3.63) is 82.4 Å². The molecule has 10 heteroatoms. The van der Waals surface area contributed by atoms with Crippen LogP contribution in [0, 0.1) is 0 Å². The van der Waals surface area contributed by atoms with Crippen LogP contribution in [0.5, 0.6) is 0 Å². The molecule has 0 bridgehead atoms. The van der Waals surface area contributed by atoms with Crippen LogP contribution in [0.2, 0.25) is 0 Å². The van der Waals surface area contributed by atoms with Gasteiger partial charge in [-0.25, -0.2) is 14.6 Å². The van der Waals surface area contributed by atoms with Gasteiger partial charge in [-0.05, 0) is 54.4 Å². The Bertz CT molecular complexity index is 1450. The normalized spacial score (nSPS) is 16.1. The number of nitrogens with one attached hydrogen (secondary N) is 1. The van der Waals surface area contributed by atoms with Crippen molar-refractivity contribution in [2.75, 3.05) is 20.2 Å². The lowest BCUT2D eigenvalue weighted by molar-refractivity contribution is -0.137. The minimum atomic E-state index is -4.58. The van der Waals surface area contributed by atoms with E-state index in [1.54, 1.807) is 48.5 Å². The Hall–Kier alpha value is -3.92. The van der Waals surface area contributed by atoms with E-state index >= 15 is 0 Å². The SMILES string of the molecule is COC(=O)c1ccc(-c2ccc(-n3c(=O)n([C@H]4CCNC4)c4ncc(C(F)(F)F)cc43)cc2)cc1. The maximum atomic E-state index is 13.5. The lowest BCUT2D eigenvalue weighted by atomic mass is 10.0. The average molecular weight is 482 g/mol. The summed E-state index contributed by atoms with van der Waals surface area (Å²) >= 11 is 0. The summed E-state index contributed by atoms with van der Waals surface area (Å²) in [5.41, 5.74) is 1.47. The number of hydrogen-bond donors (Lipinski definition) is 1. The number of imidazole rings is 1. The molecule has 0 spiro atoms. The van der Waals surface area contributed by atoms with Gasteiger partial charge in [-0.15, -0.1) is 0 Å². The third-order valence-corrected chi connectivity index (χ3v) is 6.21. The van der Waals surface area contributed by atoms with Gasteiger partial charge in [0, 0.05) is 12.7 Å². The Labute approximate surface area is 197 Å². The third-order valence-electron chi connectivity index (χ3n) is 6.21. The van der Waals surface area contributed by atoms with Gasteiger partial charge in [0.15, 0.2) is 5.65 Å². The molecule has 1 aliphatic rings. The van der Waals surface area contributed by atoms with Crippen LogP contribution in [0.25, 0.3) is 28.0 Å². The Balaban J connectivity index is 1.60. The fourth-order valence-electron chi connectivity index (χ4n) is 4.41. The molecule has 1 N–H and O–H groups in total. The van der Waals surface area contributed by atoms with Crippen molar-refractivity contribution in [2.45, 2.75) is 18.6 Å². The lowest BCUT2D eigenvalue weighted by Gasteiger charge is -2.10. The van der Waals surface area contributed by atoms with Gasteiger partial charge in [-0.3, -0.25) is 9.13 Å². The average Bonchev–Trinajstić information content (AvgIpc) is 3.48. The molecular weight excluding hydrogens is 461 g/mol. The van der Waals surface area contributed by atoms with Gasteiger partial charge in [-0.2, -0.15) is 13.2 Å². The van der Waals surface area contributed by atoms with Crippen molar-refractivity contribution >= 4 is 17.1 Å². The first-order chi connectivity index (χ1) is 16.8. The number of alkyl halides is 3. The Kier molecular flexibility index (Phi) is 5.68. The summed E-state index contributed by atoms with van der Waals surface area (Å²) in [5.74, 6) is -0.438. The van der Waals surface area contributed by atoms with E-state index in [-0.39, 0.29) is 17.2 Å². The minimum Gasteiger partial charge on any atom is -0.465 e. The van der Waals surface area contributed by atoms with Gasteiger partial charge in [0.2, 0.25) is 0 Å². The van der Waals surface area contributed by atoms with E-state index in [4.69, 9.17) is 4.74 Å². The lowest BCUT2D eigenvalue weighted by Crippen LogP contribution is -2.28. The number of halogens is 3. The van der Waals surface area contributed by atoms with E-state index in [0.717, 1.165) is 23.4 Å². The molecule has 2 aromatic heterocycles. The van der Waals surface area contributed by atoms with Crippen LogP contribution in [0.3, 0.4) is 0 Å². The van der Waals surface area contributed by atoms with Crippen LogP contribution >= 0.6 is 0 Å². The largest absolute Gasteiger partial charge is 0.465 e. The summed E-state index contributed by atoms with van der Waals surface area (Å²) in [4.78, 5) is 29.2. The van der Waals surface area contributed by atoms with Crippen LogP contribution in [-0.2, 0) is 10.9 Å². The number of aromatic nitrogens is 3. The van der Waals surface area contributed by atoms with E-state index in [1.165, 1.54) is 16.2 Å². The molecule has 0 unspecified atom stereocenters. The summed E-state index contributed by atoms with van der Waals surface area (Å²) in [6, 6.07) is 14.5. The Morgan fingerprint density at radius 3 is 2.31 bits per heavy atom. The van der Waals surface area contributed by atoms with E-state index in [0.29, 0.717) is 30.8 Å². The number of methoxy groups -OCH3 is 1. The number of ether oxygens (including phenoxy) is 1. The highest BCUT2D eigenvalue weighted by molar-refractivity contribution is 5.90. The maximum Gasteiger partial charge on any atom is 0.417 e. The zero-order valence-electron chi connectivity index (χ0n) is 18.7. The highest BCUT2D eigenvalue weighted by atomic mass is 19.4. The summed E-state index contributed by atoms with van der Waals surface area (Å²) in [7, 11) is 1.31. The molecule has 0 radical (unpaired) electrons. The number of fused-ring (bicyclic) bond motifs is 1. The van der Waals surface area contributed by atoms with Gasteiger partial charge in [0.25, 0.3) is 0 Å². The van der Waals surface area contributed by atoms with Crippen LogP contribution < -0.4 is 11.0 Å². The molecule has 7 nitrogen and oxygen atoms in total. The zero-order chi connectivity index (χ0) is 24.7. The number of benzene rings is 2. The molecule has 2 aromatic carbocycles. The third kappa shape index (κ3) is 4.10. The first kappa shape index (κ1) is 22.9. The molecule has 0 saturated carbocycles. The smallest absolute Gasteiger partial charge is 0.417 e. The second-order valence-corrected chi connectivity index (χ2v) is 8.31. The summed E-state index contributed by atoms with van der Waals surface area (Å²) in [6.07, 6.45) is -3.13. The van der Waals surface area contributed by atoms with E-state index < -0.39 is 23.4 Å². The van der Waals surface area contributed by atoms with Gasteiger partial charge in [0.1, 0.15) is 0 Å². The number of rotatable bonds is 4. The second kappa shape index (κ2) is 8.70. The topological polar surface area (TPSA) is 78.1 Å². The van der Waals surface area contributed by atoms with Crippen molar-refractivity contribution in [1.29, 1.82) is 0 Å². The fourth-order valence-corrected chi connectivity index (χ4v) is 4.41. The molecular formula is C25H21F3N4O3. The fraction of sp³-hybridized carbons (Fsp3) is 0.240. The number of nitrogens with zero attached hydrogens (tertiary/aromatic N) is 3. The minimum absolute atomic E-state index is 0.104. The maximum absolute atomic E-state index is 13.5.